The molecule has 0 radical (unpaired) electrons. The first-order chi connectivity index (χ1) is 7.62. The summed E-state index contributed by atoms with van der Waals surface area (Å²) in [6.07, 6.45) is 0.755. The second-order valence-electron chi connectivity index (χ2n) is 4.18. The van der Waals surface area contributed by atoms with Gasteiger partial charge in [-0.2, -0.15) is 0 Å². The van der Waals surface area contributed by atoms with Crippen molar-refractivity contribution in [1.29, 1.82) is 0 Å². The molecule has 16 heavy (non-hydrogen) atoms. The van der Waals surface area contributed by atoms with Crippen LogP contribution in [0.4, 0.5) is 5.69 Å². The number of sulfone groups is 1. The Hall–Kier alpha value is -1.03. The zero-order valence-electron chi connectivity index (χ0n) is 9.46. The van der Waals surface area contributed by atoms with Crippen LogP contribution in [-0.2, 0) is 9.84 Å². The minimum Gasteiger partial charge on any atom is -0.368 e. The van der Waals surface area contributed by atoms with Crippen LogP contribution >= 0.6 is 0 Å². The second kappa shape index (κ2) is 4.45. The summed E-state index contributed by atoms with van der Waals surface area (Å²) in [6, 6.07) is 10.2. The van der Waals surface area contributed by atoms with Gasteiger partial charge in [-0.15, -0.1) is 0 Å². The normalized spacial score (nSPS) is 23.2. The average molecular weight is 239 g/mol. The summed E-state index contributed by atoms with van der Waals surface area (Å²) < 4.78 is 22.9. The van der Waals surface area contributed by atoms with Crippen LogP contribution in [0.3, 0.4) is 0 Å². The lowest BCUT2D eigenvalue weighted by atomic mass is 10.2. The fraction of sp³-hybridized carbons (Fsp3) is 0.500. The molecule has 0 spiro atoms. The molecule has 3 nitrogen and oxygen atoms in total. The van der Waals surface area contributed by atoms with E-state index in [2.05, 4.69) is 11.8 Å². The number of hydrogen-bond acceptors (Lipinski definition) is 3. The van der Waals surface area contributed by atoms with Crippen LogP contribution in [0.1, 0.15) is 13.3 Å². The van der Waals surface area contributed by atoms with Gasteiger partial charge in [-0.1, -0.05) is 18.2 Å². The molecule has 88 valence electrons. The third kappa shape index (κ3) is 2.38. The van der Waals surface area contributed by atoms with Crippen LogP contribution in [0.15, 0.2) is 30.3 Å². The molecule has 2 rings (SSSR count). The van der Waals surface area contributed by atoms with E-state index in [0.29, 0.717) is 11.5 Å². The first-order valence-corrected chi connectivity index (χ1v) is 7.46. The molecule has 1 aromatic rings. The summed E-state index contributed by atoms with van der Waals surface area (Å²) in [6.45, 7) is 2.92. The van der Waals surface area contributed by atoms with Gasteiger partial charge in [0.2, 0.25) is 0 Å². The van der Waals surface area contributed by atoms with E-state index in [4.69, 9.17) is 0 Å². The molecular formula is C12H17NO2S. The van der Waals surface area contributed by atoms with Gasteiger partial charge in [-0.3, -0.25) is 0 Å². The highest BCUT2D eigenvalue weighted by Gasteiger charge is 2.31. The van der Waals surface area contributed by atoms with Gasteiger partial charge in [0.05, 0.1) is 11.5 Å². The average Bonchev–Trinajstić information content (AvgIpc) is 2.62. The topological polar surface area (TPSA) is 37.4 Å². The van der Waals surface area contributed by atoms with E-state index in [1.54, 1.807) is 0 Å². The van der Waals surface area contributed by atoms with Crippen LogP contribution in [-0.4, -0.2) is 32.5 Å². The van der Waals surface area contributed by atoms with Gasteiger partial charge in [0, 0.05) is 18.3 Å². The Morgan fingerprint density at radius 2 is 2.00 bits per heavy atom. The minimum atomic E-state index is -2.80. The Kier molecular flexibility index (Phi) is 3.19. The van der Waals surface area contributed by atoms with Gasteiger partial charge < -0.3 is 4.90 Å². The summed E-state index contributed by atoms with van der Waals surface area (Å²) in [4.78, 5) is 2.19. The summed E-state index contributed by atoms with van der Waals surface area (Å²) in [7, 11) is -2.80. The predicted octanol–water partition coefficient (Wildman–Crippen LogP) is 1.70. The maximum atomic E-state index is 11.5. The lowest BCUT2D eigenvalue weighted by Crippen LogP contribution is -2.36. The Morgan fingerprint density at radius 1 is 1.31 bits per heavy atom. The second-order valence-corrected chi connectivity index (χ2v) is 6.41. The molecule has 0 amide bonds. The van der Waals surface area contributed by atoms with Gasteiger partial charge in [0.25, 0.3) is 0 Å². The van der Waals surface area contributed by atoms with Gasteiger partial charge in [-0.25, -0.2) is 8.42 Å². The smallest absolute Gasteiger partial charge is 0.152 e. The Morgan fingerprint density at radius 3 is 2.50 bits per heavy atom. The first-order valence-electron chi connectivity index (χ1n) is 5.64. The summed E-state index contributed by atoms with van der Waals surface area (Å²) in [5.41, 5.74) is 1.12. The lowest BCUT2D eigenvalue weighted by molar-refractivity contribution is 0.600. The third-order valence-electron chi connectivity index (χ3n) is 3.08. The molecular weight excluding hydrogens is 222 g/mol. The molecule has 1 unspecified atom stereocenters. The molecule has 1 aromatic carbocycles. The zero-order chi connectivity index (χ0) is 11.6. The van der Waals surface area contributed by atoms with Crippen molar-refractivity contribution in [3.8, 4) is 0 Å². The van der Waals surface area contributed by atoms with E-state index in [0.717, 1.165) is 18.7 Å². The standard InChI is InChI=1S/C12H17NO2S/c1-2-13(11-6-4-3-5-7-11)12-8-9-16(14,15)10-12/h3-7,12H,2,8-10H2,1H3. The van der Waals surface area contributed by atoms with Gasteiger partial charge in [-0.05, 0) is 25.5 Å². The number of para-hydroxylation sites is 1. The molecule has 0 aromatic heterocycles. The quantitative estimate of drug-likeness (QED) is 0.805. The first kappa shape index (κ1) is 11.5. The molecule has 1 heterocycles. The molecule has 1 saturated heterocycles. The van der Waals surface area contributed by atoms with Crippen molar-refractivity contribution >= 4 is 15.5 Å². The maximum Gasteiger partial charge on any atom is 0.152 e. The SMILES string of the molecule is CCN(c1ccccc1)C1CCS(=O)(=O)C1. The van der Waals surface area contributed by atoms with Gasteiger partial charge in [0.15, 0.2) is 9.84 Å². The van der Waals surface area contributed by atoms with Crippen molar-refractivity contribution in [2.45, 2.75) is 19.4 Å². The van der Waals surface area contributed by atoms with Crippen molar-refractivity contribution in [2.75, 3.05) is 23.0 Å². The van der Waals surface area contributed by atoms with E-state index in [1.165, 1.54) is 0 Å². The molecule has 1 atom stereocenters. The summed E-state index contributed by atoms with van der Waals surface area (Å²) >= 11 is 0. The highest BCUT2D eigenvalue weighted by atomic mass is 32.2. The van der Waals surface area contributed by atoms with Crippen molar-refractivity contribution < 1.29 is 8.42 Å². The molecule has 0 N–H and O–H groups in total. The zero-order valence-corrected chi connectivity index (χ0v) is 10.3. The van der Waals surface area contributed by atoms with E-state index < -0.39 is 9.84 Å². The number of hydrogen-bond donors (Lipinski definition) is 0. The van der Waals surface area contributed by atoms with Crippen molar-refractivity contribution in [3.05, 3.63) is 30.3 Å². The minimum absolute atomic E-state index is 0.150. The fourth-order valence-electron chi connectivity index (χ4n) is 2.29. The Bertz CT molecular complexity index is 441. The van der Waals surface area contributed by atoms with Crippen LogP contribution < -0.4 is 4.90 Å². The summed E-state index contributed by atoms with van der Waals surface area (Å²) in [5.74, 6) is 0.636. The largest absolute Gasteiger partial charge is 0.368 e. The fourth-order valence-corrected chi connectivity index (χ4v) is 4.02. The Balaban J connectivity index is 2.19. The number of benzene rings is 1. The van der Waals surface area contributed by atoms with E-state index in [-0.39, 0.29) is 6.04 Å². The Labute approximate surface area is 97.0 Å². The third-order valence-corrected chi connectivity index (χ3v) is 4.83. The van der Waals surface area contributed by atoms with Gasteiger partial charge >= 0.3 is 0 Å². The van der Waals surface area contributed by atoms with Crippen LogP contribution in [0.2, 0.25) is 0 Å². The molecule has 1 aliphatic heterocycles. The van der Waals surface area contributed by atoms with E-state index in [1.807, 2.05) is 30.3 Å². The maximum absolute atomic E-state index is 11.5. The molecule has 0 aliphatic carbocycles. The van der Waals surface area contributed by atoms with E-state index >= 15 is 0 Å². The number of anilines is 1. The van der Waals surface area contributed by atoms with Crippen LogP contribution in [0.5, 0.6) is 0 Å². The van der Waals surface area contributed by atoms with Gasteiger partial charge in [0.1, 0.15) is 0 Å². The number of rotatable bonds is 3. The van der Waals surface area contributed by atoms with Crippen LogP contribution in [0.25, 0.3) is 0 Å². The van der Waals surface area contributed by atoms with Crippen molar-refractivity contribution in [1.82, 2.24) is 0 Å². The molecule has 1 fully saturated rings. The molecule has 0 bridgehead atoms. The predicted molar refractivity (Wildman–Crippen MR) is 66.5 cm³/mol. The summed E-state index contributed by atoms with van der Waals surface area (Å²) in [5, 5.41) is 0. The molecule has 1 aliphatic rings. The molecule has 0 saturated carbocycles. The lowest BCUT2D eigenvalue weighted by Gasteiger charge is -2.29. The number of nitrogens with zero attached hydrogens (tertiary/aromatic N) is 1. The van der Waals surface area contributed by atoms with E-state index in [9.17, 15) is 8.42 Å². The van der Waals surface area contributed by atoms with Crippen LogP contribution in [0, 0.1) is 0 Å². The van der Waals surface area contributed by atoms with Crippen molar-refractivity contribution in [2.24, 2.45) is 0 Å². The molecule has 4 heteroatoms. The highest BCUT2D eigenvalue weighted by molar-refractivity contribution is 7.91. The van der Waals surface area contributed by atoms with Crippen molar-refractivity contribution in [3.63, 3.8) is 0 Å². The highest BCUT2D eigenvalue weighted by Crippen LogP contribution is 2.23. The monoisotopic (exact) mass is 239 g/mol.